The Morgan fingerprint density at radius 2 is 2.10 bits per heavy atom. The monoisotopic (exact) mass is 544 g/mol. The molecule has 3 amide bonds. The first-order valence-corrected chi connectivity index (χ1v) is 13.6. The molecule has 39 heavy (non-hydrogen) atoms. The van der Waals surface area contributed by atoms with Crippen molar-refractivity contribution in [1.82, 2.24) is 29.8 Å². The molecule has 4 heterocycles. The van der Waals surface area contributed by atoms with Crippen LogP contribution in [0.4, 0.5) is 16.3 Å². The van der Waals surface area contributed by atoms with Gasteiger partial charge in [0.15, 0.2) is 0 Å². The van der Waals surface area contributed by atoms with E-state index in [0.29, 0.717) is 51.4 Å². The molecule has 2 aromatic rings. The second-order valence-corrected chi connectivity index (χ2v) is 10.3. The zero-order chi connectivity index (χ0) is 27.8. The quantitative estimate of drug-likeness (QED) is 0.549. The van der Waals surface area contributed by atoms with Gasteiger partial charge >= 0.3 is 6.03 Å². The number of aliphatic hydroxyl groups excluding tert-OH is 1. The molecule has 1 saturated heterocycles. The average Bonchev–Trinajstić information content (AvgIpc) is 3.40. The lowest BCUT2D eigenvalue weighted by molar-refractivity contribution is -0.136. The lowest BCUT2D eigenvalue weighted by Gasteiger charge is -2.35. The molecule has 4 rings (SSSR count). The fraction of sp³-hybridized carbons (Fsp3) is 0.654. The van der Waals surface area contributed by atoms with Gasteiger partial charge in [-0.3, -0.25) is 4.79 Å². The van der Waals surface area contributed by atoms with Crippen LogP contribution in [0.1, 0.15) is 32.4 Å². The van der Waals surface area contributed by atoms with Crippen molar-refractivity contribution in [3.8, 4) is 0 Å². The van der Waals surface area contributed by atoms with Crippen molar-refractivity contribution in [2.75, 3.05) is 63.3 Å². The molecule has 0 radical (unpaired) electrons. The van der Waals surface area contributed by atoms with E-state index in [1.807, 2.05) is 19.9 Å². The standard InChI is InChI=1S/C26H40N8O5/c1-19-15-33(20(2)17-35)25(36)5-4-8-34-22(14-28-30-34)18-39-23(19)16-31(3)26(37)29-21-6-7-27-24(13-21)32-9-11-38-12-10-32/h6-7,13-14,19-20,23,35H,4-5,8-12,15-18H2,1-3H3,(H,27,29,37)/t19-,20+,23+/m0/s1. The first-order chi connectivity index (χ1) is 18.9. The molecule has 0 saturated carbocycles. The van der Waals surface area contributed by atoms with Gasteiger partial charge < -0.3 is 34.6 Å². The zero-order valence-electron chi connectivity index (χ0n) is 23.0. The van der Waals surface area contributed by atoms with Crippen molar-refractivity contribution in [2.24, 2.45) is 5.92 Å². The number of likely N-dealkylation sites (N-methyl/N-ethyl adjacent to an activating group) is 1. The molecule has 2 aliphatic heterocycles. The molecule has 2 aromatic heterocycles. The summed E-state index contributed by atoms with van der Waals surface area (Å²) < 4.78 is 13.5. The maximum atomic E-state index is 13.2. The summed E-state index contributed by atoms with van der Waals surface area (Å²) in [5.41, 5.74) is 1.47. The first-order valence-electron chi connectivity index (χ1n) is 13.6. The molecule has 0 unspecified atom stereocenters. The van der Waals surface area contributed by atoms with Gasteiger partial charge in [-0.15, -0.1) is 5.10 Å². The summed E-state index contributed by atoms with van der Waals surface area (Å²) in [4.78, 5) is 36.1. The van der Waals surface area contributed by atoms with Gasteiger partial charge in [0.1, 0.15) is 5.82 Å². The molecule has 3 atom stereocenters. The molecule has 0 bridgehead atoms. The molecule has 1 fully saturated rings. The van der Waals surface area contributed by atoms with Crippen LogP contribution in [0, 0.1) is 5.92 Å². The molecule has 0 spiro atoms. The lowest BCUT2D eigenvalue weighted by Crippen LogP contribution is -2.48. The number of pyridine rings is 1. The number of nitrogens with one attached hydrogen (secondary N) is 1. The van der Waals surface area contributed by atoms with Gasteiger partial charge in [-0.1, -0.05) is 12.1 Å². The number of ether oxygens (including phenoxy) is 2. The molecular formula is C26H40N8O5. The van der Waals surface area contributed by atoms with E-state index in [-0.39, 0.29) is 43.2 Å². The van der Waals surface area contributed by atoms with Crippen LogP contribution in [0.25, 0.3) is 0 Å². The molecule has 214 valence electrons. The van der Waals surface area contributed by atoms with Gasteiger partial charge in [0, 0.05) is 70.1 Å². The highest BCUT2D eigenvalue weighted by Gasteiger charge is 2.29. The maximum absolute atomic E-state index is 13.2. The number of hydrogen-bond acceptors (Lipinski definition) is 9. The Hall–Kier alpha value is -3.29. The molecule has 13 nitrogen and oxygen atoms in total. The smallest absolute Gasteiger partial charge is 0.321 e. The summed E-state index contributed by atoms with van der Waals surface area (Å²) >= 11 is 0. The molecular weight excluding hydrogens is 504 g/mol. The Balaban J connectivity index is 1.45. The van der Waals surface area contributed by atoms with Crippen molar-refractivity contribution in [1.29, 1.82) is 0 Å². The van der Waals surface area contributed by atoms with Crippen molar-refractivity contribution >= 4 is 23.4 Å². The number of nitrogens with zero attached hydrogens (tertiary/aromatic N) is 7. The summed E-state index contributed by atoms with van der Waals surface area (Å²) in [5.74, 6) is 0.656. The number of aliphatic hydroxyl groups is 1. The van der Waals surface area contributed by atoms with Gasteiger partial charge in [-0.05, 0) is 19.4 Å². The third-order valence-corrected chi connectivity index (χ3v) is 7.27. The lowest BCUT2D eigenvalue weighted by atomic mass is 10.0. The second kappa shape index (κ2) is 13.7. The number of amides is 3. The van der Waals surface area contributed by atoms with Gasteiger partial charge in [0.05, 0.1) is 50.5 Å². The number of rotatable bonds is 6. The normalized spacial score (nSPS) is 21.9. The fourth-order valence-corrected chi connectivity index (χ4v) is 4.78. The highest BCUT2D eigenvalue weighted by atomic mass is 16.5. The van der Waals surface area contributed by atoms with Crippen LogP contribution in [0.5, 0.6) is 0 Å². The van der Waals surface area contributed by atoms with Gasteiger partial charge in [-0.25, -0.2) is 14.5 Å². The summed E-state index contributed by atoms with van der Waals surface area (Å²) in [5, 5.41) is 20.9. The Labute approximate surface area is 229 Å². The molecule has 0 aromatic carbocycles. The van der Waals surface area contributed by atoms with Crippen molar-refractivity contribution in [3.05, 3.63) is 30.2 Å². The van der Waals surface area contributed by atoms with E-state index in [2.05, 4.69) is 25.5 Å². The summed E-state index contributed by atoms with van der Waals surface area (Å²) in [6.07, 6.45) is 3.94. The van der Waals surface area contributed by atoms with Crippen LogP contribution in [-0.2, 0) is 27.4 Å². The van der Waals surface area contributed by atoms with Crippen molar-refractivity contribution in [2.45, 2.75) is 52.0 Å². The highest BCUT2D eigenvalue weighted by molar-refractivity contribution is 5.89. The zero-order valence-corrected chi connectivity index (χ0v) is 23.0. The summed E-state index contributed by atoms with van der Waals surface area (Å²) in [6.45, 7) is 8.06. The average molecular weight is 545 g/mol. The SMILES string of the molecule is C[C@H](CO)N1C[C@H](C)[C@@H](CN(C)C(=O)Nc2ccnc(N3CCOCC3)c2)OCc2cnnn2CCCC1=O. The number of morpholine rings is 1. The van der Waals surface area contributed by atoms with Crippen LogP contribution < -0.4 is 10.2 Å². The van der Waals surface area contributed by atoms with E-state index in [1.54, 1.807) is 40.0 Å². The van der Waals surface area contributed by atoms with Crippen LogP contribution in [-0.4, -0.2) is 112 Å². The number of fused-ring (bicyclic) bond motifs is 1. The summed E-state index contributed by atoms with van der Waals surface area (Å²) in [7, 11) is 1.72. The van der Waals surface area contributed by atoms with E-state index in [1.165, 1.54) is 0 Å². The Bertz CT molecular complexity index is 1090. The molecule has 2 aliphatic rings. The fourth-order valence-electron chi connectivity index (χ4n) is 4.78. The Morgan fingerprint density at radius 3 is 2.87 bits per heavy atom. The Kier molecular flexibility index (Phi) is 10.1. The van der Waals surface area contributed by atoms with Gasteiger partial charge in [-0.2, -0.15) is 0 Å². The maximum Gasteiger partial charge on any atom is 0.321 e. The molecule has 2 N–H and O–H groups in total. The van der Waals surface area contributed by atoms with Crippen LogP contribution in [0.3, 0.4) is 0 Å². The van der Waals surface area contributed by atoms with E-state index < -0.39 is 0 Å². The predicted molar refractivity (Wildman–Crippen MR) is 144 cm³/mol. The third kappa shape index (κ3) is 7.64. The molecule has 13 heteroatoms. The highest BCUT2D eigenvalue weighted by Crippen LogP contribution is 2.20. The van der Waals surface area contributed by atoms with Crippen molar-refractivity contribution < 1.29 is 24.2 Å². The minimum absolute atomic E-state index is 0.0238. The first kappa shape index (κ1) is 28.7. The minimum atomic E-state index is -0.383. The van der Waals surface area contributed by atoms with E-state index in [9.17, 15) is 14.7 Å². The van der Waals surface area contributed by atoms with Gasteiger partial charge in [0.25, 0.3) is 0 Å². The number of carbonyl (C=O) groups excluding carboxylic acids is 2. The number of hydrogen-bond donors (Lipinski definition) is 2. The number of anilines is 2. The number of urea groups is 1. The second-order valence-electron chi connectivity index (χ2n) is 10.3. The number of aryl methyl sites for hydroxylation is 1. The molecule has 0 aliphatic carbocycles. The number of aromatic nitrogens is 4. The topological polar surface area (TPSA) is 138 Å². The third-order valence-electron chi connectivity index (χ3n) is 7.27. The number of carbonyl (C=O) groups is 2. The summed E-state index contributed by atoms with van der Waals surface area (Å²) in [6, 6.07) is 3.02. The van der Waals surface area contributed by atoms with E-state index in [0.717, 1.165) is 24.6 Å². The largest absolute Gasteiger partial charge is 0.394 e. The minimum Gasteiger partial charge on any atom is -0.394 e. The predicted octanol–water partition coefficient (Wildman–Crippen LogP) is 1.20. The van der Waals surface area contributed by atoms with Crippen LogP contribution >= 0.6 is 0 Å². The van der Waals surface area contributed by atoms with Crippen molar-refractivity contribution in [3.63, 3.8) is 0 Å². The van der Waals surface area contributed by atoms with Crippen LogP contribution in [0.2, 0.25) is 0 Å². The Morgan fingerprint density at radius 1 is 1.31 bits per heavy atom. The van der Waals surface area contributed by atoms with E-state index in [4.69, 9.17) is 9.47 Å². The van der Waals surface area contributed by atoms with Crippen LogP contribution in [0.15, 0.2) is 24.5 Å². The van der Waals surface area contributed by atoms with E-state index >= 15 is 0 Å². The van der Waals surface area contributed by atoms with Gasteiger partial charge in [0.2, 0.25) is 5.91 Å².